The first kappa shape index (κ1) is 30.0. The van der Waals surface area contributed by atoms with Crippen molar-refractivity contribution < 1.29 is 27.3 Å². The Bertz CT molecular complexity index is 2230. The second-order valence-corrected chi connectivity index (χ2v) is 13.8. The Hall–Kier alpha value is -3.63. The second kappa shape index (κ2) is 13.0. The molecular weight excluding hydrogens is 749 g/mol. The molecule has 4 aromatic heterocycles. The Morgan fingerprint density at radius 1 is 0.844 bits per heavy atom. The van der Waals surface area contributed by atoms with Gasteiger partial charge >= 0.3 is 0 Å². The fourth-order valence-electron chi connectivity index (χ4n) is 5.28. The molecule has 3 aromatic carbocycles. The van der Waals surface area contributed by atoms with Gasteiger partial charge < -0.3 is 14.4 Å². The van der Waals surface area contributed by atoms with Gasteiger partial charge in [-0.3, -0.25) is 0 Å². The molecule has 0 aliphatic heterocycles. The molecule has 7 aromatic rings. The maximum absolute atomic E-state index is 8.64. The predicted octanol–water partition coefficient (Wildman–Crippen LogP) is 11.3. The summed E-state index contributed by atoms with van der Waals surface area (Å²) in [5, 5.41) is 3.38. The smallest absolute Gasteiger partial charge is 0.122 e. The van der Waals surface area contributed by atoms with Crippen molar-refractivity contribution in [1.82, 2.24) is 9.97 Å². The van der Waals surface area contributed by atoms with Gasteiger partial charge in [-0.1, -0.05) is 61.9 Å². The van der Waals surface area contributed by atoms with Crippen molar-refractivity contribution in [3.05, 3.63) is 118 Å². The van der Waals surface area contributed by atoms with E-state index in [0.29, 0.717) is 11.3 Å². The van der Waals surface area contributed by atoms with Crippen molar-refractivity contribution in [1.29, 1.82) is 0 Å². The Kier molecular flexibility index (Phi) is 8.68. The minimum Gasteiger partial charge on any atom is -0.501 e. The maximum Gasteiger partial charge on any atom is 0.122 e. The molecule has 231 valence electrons. The first-order chi connectivity index (χ1) is 21.7. The first-order valence-electron chi connectivity index (χ1n) is 15.9. The average molecular weight is 789 g/mol. The van der Waals surface area contributed by atoms with E-state index in [1.807, 2.05) is 51.2 Å². The van der Waals surface area contributed by atoms with E-state index in [9.17, 15) is 0 Å². The number of pyridine rings is 2. The van der Waals surface area contributed by atoms with Gasteiger partial charge in [0.05, 0.1) is 5.58 Å². The number of aromatic nitrogens is 2. The molecule has 0 saturated carbocycles. The third-order valence-corrected chi connectivity index (χ3v) is 9.05. The summed E-state index contributed by atoms with van der Waals surface area (Å²) in [6, 6.07) is 26.6. The number of fused-ring (bicyclic) bond motifs is 4. The Labute approximate surface area is 286 Å². The van der Waals surface area contributed by atoms with E-state index in [-0.39, 0.29) is 20.1 Å². The minimum atomic E-state index is -1.49. The molecule has 0 atom stereocenters. The molecule has 0 fully saturated rings. The van der Waals surface area contributed by atoms with Crippen molar-refractivity contribution in [2.45, 2.75) is 61.8 Å². The molecule has 0 bridgehead atoms. The summed E-state index contributed by atoms with van der Waals surface area (Å²) in [5.41, 5.74) is 10.2. The van der Waals surface area contributed by atoms with Gasteiger partial charge in [0.2, 0.25) is 0 Å². The normalized spacial score (nSPS) is 12.4. The number of thiophene rings is 1. The van der Waals surface area contributed by atoms with E-state index in [2.05, 4.69) is 87.1 Å². The molecule has 0 unspecified atom stereocenters. The van der Waals surface area contributed by atoms with Crippen molar-refractivity contribution >= 4 is 43.4 Å². The van der Waals surface area contributed by atoms with E-state index < -0.39 is 11.8 Å². The van der Waals surface area contributed by atoms with Crippen molar-refractivity contribution in [3.63, 3.8) is 0 Å². The van der Waals surface area contributed by atoms with Crippen LogP contribution in [0.15, 0.2) is 77.5 Å². The topological polar surface area (TPSA) is 38.9 Å². The second-order valence-electron chi connectivity index (χ2n) is 12.6. The number of rotatable bonds is 3. The molecule has 4 heterocycles. The van der Waals surface area contributed by atoms with Crippen LogP contribution in [0, 0.1) is 52.2 Å². The zero-order chi connectivity index (χ0) is 33.0. The van der Waals surface area contributed by atoms with Crippen LogP contribution < -0.4 is 0 Å². The number of hydrogen-bond acceptors (Lipinski definition) is 4. The van der Waals surface area contributed by atoms with Crippen LogP contribution in [0.4, 0.5) is 0 Å². The van der Waals surface area contributed by atoms with Crippen LogP contribution in [-0.4, -0.2) is 9.97 Å². The molecule has 0 aliphatic carbocycles. The molecule has 3 nitrogen and oxygen atoms in total. The molecule has 0 spiro atoms. The summed E-state index contributed by atoms with van der Waals surface area (Å²) in [6.07, 6.45) is 2.09. The summed E-state index contributed by atoms with van der Waals surface area (Å²) >= 11 is 1.79. The number of furan rings is 1. The van der Waals surface area contributed by atoms with Crippen molar-refractivity contribution in [3.8, 4) is 22.5 Å². The van der Waals surface area contributed by atoms with E-state index in [1.54, 1.807) is 23.6 Å². The molecule has 0 saturated heterocycles. The van der Waals surface area contributed by atoms with Gasteiger partial charge in [0, 0.05) is 50.2 Å². The molecule has 5 heteroatoms. The Balaban J connectivity index is 0.000000228. The van der Waals surface area contributed by atoms with Gasteiger partial charge in [-0.2, -0.15) is 0 Å². The summed E-state index contributed by atoms with van der Waals surface area (Å²) in [7, 11) is 0. The van der Waals surface area contributed by atoms with E-state index in [1.165, 1.54) is 37.2 Å². The summed E-state index contributed by atoms with van der Waals surface area (Å²) in [5.74, 6) is 0. The van der Waals surface area contributed by atoms with Crippen molar-refractivity contribution in [2.24, 2.45) is 5.41 Å². The molecule has 7 rings (SSSR count). The zero-order valence-electron chi connectivity index (χ0n) is 29.0. The van der Waals surface area contributed by atoms with Crippen molar-refractivity contribution in [2.75, 3.05) is 0 Å². The zero-order valence-corrected chi connectivity index (χ0v) is 30.2. The van der Waals surface area contributed by atoms with Gasteiger partial charge in [-0.05, 0) is 85.6 Å². The minimum absolute atomic E-state index is 0. The summed E-state index contributed by atoms with van der Waals surface area (Å²) in [4.78, 5) is 10.3. The fourth-order valence-corrected chi connectivity index (χ4v) is 6.36. The number of nitrogens with zero attached hydrogens (tertiary/aromatic N) is 2. The quantitative estimate of drug-likeness (QED) is 0.167. The monoisotopic (exact) mass is 789 g/mol. The summed E-state index contributed by atoms with van der Waals surface area (Å²) in [6.45, 7) is 16.3. The van der Waals surface area contributed by atoms with Crippen LogP contribution in [0.5, 0.6) is 0 Å². The fraction of sp³-hybridized carbons (Fsp3) is 0.250. The van der Waals surface area contributed by atoms with E-state index in [4.69, 9.17) is 7.16 Å². The number of aryl methyl sites for hydroxylation is 5. The Morgan fingerprint density at radius 2 is 1.64 bits per heavy atom. The first-order valence-corrected chi connectivity index (χ1v) is 15.7. The SMILES string of the molecule is Cc1c[c-]c(-c2cc(C)c(C)cn2)cc1.[2H]C([2H])(c1ccnc(-c2[c-]ccc3c2oc2cc4sc(C)c(C)c4cc23)c1)C(C)(C)C.[Ir]. The largest absolute Gasteiger partial charge is 0.501 e. The van der Waals surface area contributed by atoms with Gasteiger partial charge in [0.25, 0.3) is 0 Å². The van der Waals surface area contributed by atoms with Crippen LogP contribution in [0.2, 0.25) is 0 Å². The van der Waals surface area contributed by atoms with Crippen LogP contribution in [0.25, 0.3) is 54.5 Å². The summed E-state index contributed by atoms with van der Waals surface area (Å²) < 4.78 is 24.8. The molecule has 0 N–H and O–H groups in total. The third kappa shape index (κ3) is 6.97. The van der Waals surface area contributed by atoms with Crippen LogP contribution in [0.3, 0.4) is 0 Å². The van der Waals surface area contributed by atoms with Crippen LogP contribution >= 0.6 is 11.3 Å². The molecular formula is C40H38IrN2OS-2. The molecule has 1 radical (unpaired) electrons. The molecule has 0 aliphatic rings. The number of benzene rings is 3. The van der Waals surface area contributed by atoms with Gasteiger partial charge in [0.15, 0.2) is 0 Å². The molecule has 0 amide bonds. The third-order valence-electron chi connectivity index (χ3n) is 7.88. The van der Waals surface area contributed by atoms with Gasteiger partial charge in [-0.15, -0.1) is 64.9 Å². The number of hydrogen-bond donors (Lipinski definition) is 0. The van der Waals surface area contributed by atoms with Crippen LogP contribution in [-0.2, 0) is 26.5 Å². The standard InChI is InChI=1S/C26H24NOS.C14H14N.Ir/c1-15-16(2)29-24-13-23-21(12-20(15)24)18-7-6-8-19(25(18)28-23)22-11-17(9-10-27-22)14-26(3,4)5;1-10-4-6-13(7-5-10)14-8-11(2)12(3)9-15-14;/h6-7,9-13H,14H2,1-5H3;4-6,8-9H,1-3H3;/q2*-1;/i14D2;;. The molecule has 45 heavy (non-hydrogen) atoms. The average Bonchev–Trinajstić information content (AvgIpc) is 3.52. The van der Waals surface area contributed by atoms with Crippen LogP contribution in [0.1, 0.15) is 56.2 Å². The predicted molar refractivity (Wildman–Crippen MR) is 187 cm³/mol. The van der Waals surface area contributed by atoms with E-state index in [0.717, 1.165) is 38.8 Å². The van der Waals surface area contributed by atoms with E-state index >= 15 is 0 Å². The van der Waals surface area contributed by atoms with Gasteiger partial charge in [0.1, 0.15) is 5.58 Å². The Morgan fingerprint density at radius 3 is 2.36 bits per heavy atom. The van der Waals surface area contributed by atoms with Gasteiger partial charge in [-0.25, -0.2) is 0 Å². The maximum atomic E-state index is 8.64.